The van der Waals surface area contributed by atoms with Gasteiger partial charge in [0.1, 0.15) is 12.4 Å². The van der Waals surface area contributed by atoms with E-state index in [9.17, 15) is 4.79 Å². The third kappa shape index (κ3) is 3.20. The number of benzene rings is 2. The average Bonchev–Trinajstić information content (AvgIpc) is 2.84. The molecule has 0 saturated heterocycles. The summed E-state index contributed by atoms with van der Waals surface area (Å²) in [7, 11) is 1.95. The highest BCUT2D eigenvalue weighted by molar-refractivity contribution is 5.72. The second-order valence-corrected chi connectivity index (χ2v) is 5.15. The number of ether oxygens (including phenoxy) is 1. The normalized spacial score (nSPS) is 11.2. The van der Waals surface area contributed by atoms with Crippen LogP contribution in [0.25, 0.3) is 11.1 Å². The lowest BCUT2D eigenvalue weighted by Gasteiger charge is -2.17. The van der Waals surface area contributed by atoms with Crippen molar-refractivity contribution in [2.75, 3.05) is 20.2 Å². The van der Waals surface area contributed by atoms with Crippen molar-refractivity contribution in [3.05, 3.63) is 65.1 Å². The summed E-state index contributed by atoms with van der Waals surface area (Å²) in [5.41, 5.74) is 1.42. The topological polar surface area (TPSA) is 47.6 Å². The third-order valence-electron chi connectivity index (χ3n) is 3.44. The van der Waals surface area contributed by atoms with E-state index in [1.807, 2.05) is 60.5 Å². The van der Waals surface area contributed by atoms with E-state index >= 15 is 0 Å². The van der Waals surface area contributed by atoms with Gasteiger partial charge in [-0.1, -0.05) is 30.3 Å². The molecule has 0 N–H and O–H groups in total. The third-order valence-corrected chi connectivity index (χ3v) is 3.44. The minimum Gasteiger partial charge on any atom is -0.492 e. The van der Waals surface area contributed by atoms with E-state index in [0.29, 0.717) is 25.4 Å². The second kappa shape index (κ2) is 6.49. The van der Waals surface area contributed by atoms with Crippen LogP contribution in [0.5, 0.6) is 5.75 Å². The van der Waals surface area contributed by atoms with Crippen LogP contribution >= 0.6 is 0 Å². The fourth-order valence-corrected chi connectivity index (χ4v) is 2.30. The summed E-state index contributed by atoms with van der Waals surface area (Å²) in [6.45, 7) is 1.74. The predicted octanol–water partition coefficient (Wildman–Crippen LogP) is 2.56. The molecular weight excluding hydrogens is 280 g/mol. The Morgan fingerprint density at radius 1 is 1.09 bits per heavy atom. The second-order valence-electron chi connectivity index (χ2n) is 5.15. The van der Waals surface area contributed by atoms with Crippen molar-refractivity contribution in [3.8, 4) is 5.75 Å². The highest BCUT2D eigenvalue weighted by atomic mass is 16.5. The first kappa shape index (κ1) is 14.4. The molecule has 0 aliphatic rings. The van der Waals surface area contributed by atoms with Crippen molar-refractivity contribution in [1.29, 1.82) is 0 Å². The maximum atomic E-state index is 11.9. The number of fused-ring (bicyclic) bond motifs is 1. The Labute approximate surface area is 128 Å². The molecular formula is C17H18N2O3. The van der Waals surface area contributed by atoms with Crippen LogP contribution in [-0.2, 0) is 6.67 Å². The minimum absolute atomic E-state index is 0.336. The smallest absolute Gasteiger partial charge is 0.421 e. The Hall–Kier alpha value is -2.53. The van der Waals surface area contributed by atoms with E-state index in [1.54, 1.807) is 10.6 Å². The lowest BCUT2D eigenvalue weighted by atomic mass is 10.3. The maximum Gasteiger partial charge on any atom is 0.421 e. The summed E-state index contributed by atoms with van der Waals surface area (Å²) in [5.74, 6) is 0.513. The van der Waals surface area contributed by atoms with Crippen molar-refractivity contribution >= 4 is 11.1 Å². The molecule has 114 valence electrons. The fraction of sp³-hybridized carbons (Fsp3) is 0.235. The van der Waals surface area contributed by atoms with Gasteiger partial charge >= 0.3 is 5.76 Å². The summed E-state index contributed by atoms with van der Waals surface area (Å²) < 4.78 is 12.5. The van der Waals surface area contributed by atoms with E-state index in [0.717, 1.165) is 11.3 Å². The minimum atomic E-state index is -0.336. The van der Waals surface area contributed by atoms with Gasteiger partial charge < -0.3 is 9.15 Å². The van der Waals surface area contributed by atoms with Gasteiger partial charge in [0.25, 0.3) is 0 Å². The van der Waals surface area contributed by atoms with Crippen LogP contribution in [0.2, 0.25) is 0 Å². The van der Waals surface area contributed by atoms with E-state index < -0.39 is 0 Å². The molecule has 3 aromatic rings. The molecule has 1 heterocycles. The molecule has 0 radical (unpaired) electrons. The fourth-order valence-electron chi connectivity index (χ4n) is 2.30. The van der Waals surface area contributed by atoms with E-state index in [1.165, 1.54) is 0 Å². The van der Waals surface area contributed by atoms with Crippen LogP contribution in [0.4, 0.5) is 0 Å². The van der Waals surface area contributed by atoms with Crippen LogP contribution in [0, 0.1) is 0 Å². The van der Waals surface area contributed by atoms with Gasteiger partial charge in [-0.05, 0) is 31.3 Å². The van der Waals surface area contributed by atoms with E-state index in [-0.39, 0.29) is 5.76 Å². The van der Waals surface area contributed by atoms with Crippen LogP contribution in [-0.4, -0.2) is 29.7 Å². The lowest BCUT2D eigenvalue weighted by Crippen LogP contribution is -2.30. The molecule has 0 spiro atoms. The Bertz CT molecular complexity index is 792. The highest BCUT2D eigenvalue weighted by Crippen LogP contribution is 2.12. The van der Waals surface area contributed by atoms with Crippen LogP contribution < -0.4 is 10.5 Å². The number of rotatable bonds is 6. The van der Waals surface area contributed by atoms with E-state index in [2.05, 4.69) is 0 Å². The molecule has 0 atom stereocenters. The summed E-state index contributed by atoms with van der Waals surface area (Å²) in [6, 6.07) is 17.1. The van der Waals surface area contributed by atoms with Gasteiger partial charge in [0.15, 0.2) is 5.58 Å². The number of aromatic nitrogens is 1. The molecule has 0 aliphatic carbocycles. The van der Waals surface area contributed by atoms with Crippen LogP contribution in [0.1, 0.15) is 0 Å². The Morgan fingerprint density at radius 3 is 2.64 bits per heavy atom. The lowest BCUT2D eigenvalue weighted by molar-refractivity contribution is 0.203. The Morgan fingerprint density at radius 2 is 1.82 bits per heavy atom. The van der Waals surface area contributed by atoms with Crippen molar-refractivity contribution in [3.63, 3.8) is 0 Å². The summed E-state index contributed by atoms with van der Waals surface area (Å²) in [4.78, 5) is 13.9. The van der Waals surface area contributed by atoms with Gasteiger partial charge in [-0.25, -0.2) is 4.79 Å². The molecule has 2 aromatic carbocycles. The number of hydrogen-bond donors (Lipinski definition) is 0. The van der Waals surface area contributed by atoms with E-state index in [4.69, 9.17) is 9.15 Å². The summed E-state index contributed by atoms with van der Waals surface area (Å²) >= 11 is 0. The number of nitrogens with zero attached hydrogens (tertiary/aromatic N) is 2. The molecule has 3 rings (SSSR count). The average molecular weight is 298 g/mol. The Balaban J connectivity index is 1.60. The molecule has 5 nitrogen and oxygen atoms in total. The first-order valence-corrected chi connectivity index (χ1v) is 7.19. The van der Waals surface area contributed by atoms with Crippen molar-refractivity contribution in [1.82, 2.24) is 9.47 Å². The molecule has 0 bridgehead atoms. The molecule has 0 fully saturated rings. The van der Waals surface area contributed by atoms with Crippen molar-refractivity contribution in [2.24, 2.45) is 0 Å². The molecule has 5 heteroatoms. The summed E-state index contributed by atoms with van der Waals surface area (Å²) in [5, 5.41) is 0. The van der Waals surface area contributed by atoms with Gasteiger partial charge in [-0.15, -0.1) is 0 Å². The zero-order valence-electron chi connectivity index (χ0n) is 12.4. The maximum absolute atomic E-state index is 11.9. The van der Waals surface area contributed by atoms with Crippen molar-refractivity contribution < 1.29 is 9.15 Å². The Kier molecular flexibility index (Phi) is 4.25. The first-order chi connectivity index (χ1) is 10.7. The SMILES string of the molecule is CN(CCOc1ccccc1)Cn1c(=O)oc2ccccc21. The predicted molar refractivity (Wildman–Crippen MR) is 85.0 cm³/mol. The molecule has 1 aromatic heterocycles. The van der Waals surface area contributed by atoms with Crippen LogP contribution in [0.3, 0.4) is 0 Å². The molecule has 0 saturated carbocycles. The molecule has 0 amide bonds. The quantitative estimate of drug-likeness (QED) is 0.702. The zero-order valence-corrected chi connectivity index (χ0v) is 12.4. The number of hydrogen-bond acceptors (Lipinski definition) is 4. The molecule has 22 heavy (non-hydrogen) atoms. The van der Waals surface area contributed by atoms with Gasteiger partial charge in [0.2, 0.25) is 0 Å². The number of likely N-dealkylation sites (N-methyl/N-ethyl adjacent to an activating group) is 1. The van der Waals surface area contributed by atoms with Gasteiger partial charge in [0, 0.05) is 6.54 Å². The van der Waals surface area contributed by atoms with Gasteiger partial charge in [-0.3, -0.25) is 9.47 Å². The monoisotopic (exact) mass is 298 g/mol. The molecule has 0 unspecified atom stereocenters. The zero-order chi connectivity index (χ0) is 15.4. The largest absolute Gasteiger partial charge is 0.492 e. The highest BCUT2D eigenvalue weighted by Gasteiger charge is 2.10. The number of oxazole rings is 1. The summed E-state index contributed by atoms with van der Waals surface area (Å²) in [6.07, 6.45) is 0. The molecule has 0 aliphatic heterocycles. The number of para-hydroxylation sites is 3. The standard InChI is InChI=1S/C17H18N2O3/c1-18(11-12-21-14-7-3-2-4-8-14)13-19-15-9-5-6-10-16(15)22-17(19)20/h2-10H,11-13H2,1H3. The van der Waals surface area contributed by atoms with Gasteiger partial charge in [0.05, 0.1) is 12.2 Å². The van der Waals surface area contributed by atoms with Gasteiger partial charge in [-0.2, -0.15) is 0 Å². The van der Waals surface area contributed by atoms with Crippen LogP contribution in [0.15, 0.2) is 63.8 Å². The first-order valence-electron chi connectivity index (χ1n) is 7.19. The van der Waals surface area contributed by atoms with Crippen molar-refractivity contribution in [2.45, 2.75) is 6.67 Å².